The molecule has 0 spiro atoms. The minimum absolute atomic E-state index is 0.0595. The van der Waals surface area contributed by atoms with E-state index in [0.29, 0.717) is 0 Å². The maximum atomic E-state index is 11.7. The highest BCUT2D eigenvalue weighted by atomic mass is 16.1. The van der Waals surface area contributed by atoms with Crippen molar-refractivity contribution in [1.29, 1.82) is 5.26 Å². The van der Waals surface area contributed by atoms with Crippen molar-refractivity contribution < 1.29 is 4.79 Å². The average Bonchev–Trinajstić information content (AvgIpc) is 2.69. The van der Waals surface area contributed by atoms with Crippen LogP contribution in [0.3, 0.4) is 0 Å². The van der Waals surface area contributed by atoms with E-state index in [2.05, 4.69) is 23.2 Å². The van der Waals surface area contributed by atoms with Gasteiger partial charge in [0.1, 0.15) is 0 Å². The molecule has 128 valence electrons. The Morgan fingerprint density at radius 1 is 1.12 bits per heavy atom. The van der Waals surface area contributed by atoms with Gasteiger partial charge in [-0.2, -0.15) is 5.26 Å². The Hall–Kier alpha value is -2.64. The lowest BCUT2D eigenvalue weighted by Crippen LogP contribution is -2.50. The summed E-state index contributed by atoms with van der Waals surface area (Å²) < 4.78 is 0. The van der Waals surface area contributed by atoms with Gasteiger partial charge in [0.05, 0.1) is 17.7 Å². The molecule has 3 rings (SSSR count). The van der Waals surface area contributed by atoms with Crippen LogP contribution in [0.1, 0.15) is 18.4 Å². The van der Waals surface area contributed by atoms with E-state index in [-0.39, 0.29) is 11.8 Å². The van der Waals surface area contributed by atoms with Crippen LogP contribution in [0.15, 0.2) is 60.7 Å². The summed E-state index contributed by atoms with van der Waals surface area (Å²) in [5.74, 6) is 0.328. The number of nitriles is 1. The summed E-state index contributed by atoms with van der Waals surface area (Å²) in [5, 5.41) is 13.3. The third-order valence-electron chi connectivity index (χ3n) is 4.95. The standard InChI is InChI=1S/C21H23N3O/c22-15-19-13-14-23(24(17-25)21-9-5-2-6-10-21)16-20(19)12-11-18-7-3-1-4-8-18/h1-10,17,19-20H,11-14,16H2. The molecule has 25 heavy (non-hydrogen) atoms. The summed E-state index contributed by atoms with van der Waals surface area (Å²) in [5.41, 5.74) is 2.17. The van der Waals surface area contributed by atoms with Gasteiger partial charge >= 0.3 is 0 Å². The minimum Gasteiger partial charge on any atom is -0.277 e. The fourth-order valence-electron chi connectivity index (χ4n) is 3.54. The Bertz CT molecular complexity index is 711. The molecule has 0 N–H and O–H groups in total. The van der Waals surface area contributed by atoms with E-state index in [1.54, 1.807) is 5.01 Å². The summed E-state index contributed by atoms with van der Waals surface area (Å²) in [6.07, 6.45) is 3.59. The summed E-state index contributed by atoms with van der Waals surface area (Å²) in [7, 11) is 0. The number of anilines is 1. The van der Waals surface area contributed by atoms with Crippen LogP contribution in [0.2, 0.25) is 0 Å². The summed E-state index contributed by atoms with van der Waals surface area (Å²) in [6, 6.07) is 22.5. The van der Waals surface area contributed by atoms with Gasteiger partial charge in [-0.1, -0.05) is 48.5 Å². The first-order valence-corrected chi connectivity index (χ1v) is 8.80. The molecule has 4 heteroatoms. The van der Waals surface area contributed by atoms with Gasteiger partial charge in [0.15, 0.2) is 0 Å². The molecule has 0 bridgehead atoms. The maximum absolute atomic E-state index is 11.7. The maximum Gasteiger partial charge on any atom is 0.228 e. The largest absolute Gasteiger partial charge is 0.277 e. The van der Waals surface area contributed by atoms with Crippen molar-refractivity contribution in [1.82, 2.24) is 5.01 Å². The molecule has 1 heterocycles. The van der Waals surface area contributed by atoms with Gasteiger partial charge in [-0.05, 0) is 42.9 Å². The topological polar surface area (TPSA) is 47.3 Å². The Morgan fingerprint density at radius 2 is 1.80 bits per heavy atom. The van der Waals surface area contributed by atoms with Crippen molar-refractivity contribution in [2.75, 3.05) is 18.1 Å². The minimum atomic E-state index is 0.0595. The van der Waals surface area contributed by atoms with E-state index in [4.69, 9.17) is 0 Å². The van der Waals surface area contributed by atoms with Gasteiger partial charge in [0.25, 0.3) is 0 Å². The van der Waals surface area contributed by atoms with Crippen LogP contribution in [-0.4, -0.2) is 24.5 Å². The normalized spacial score (nSPS) is 20.6. The Labute approximate surface area is 149 Å². The van der Waals surface area contributed by atoms with Crippen molar-refractivity contribution in [3.63, 3.8) is 0 Å². The highest BCUT2D eigenvalue weighted by Crippen LogP contribution is 2.29. The molecule has 0 radical (unpaired) electrons. The lowest BCUT2D eigenvalue weighted by Gasteiger charge is -2.40. The molecule has 1 aliphatic heterocycles. The van der Waals surface area contributed by atoms with E-state index in [9.17, 15) is 10.1 Å². The highest BCUT2D eigenvalue weighted by molar-refractivity contribution is 5.73. The summed E-state index contributed by atoms with van der Waals surface area (Å²) in [4.78, 5) is 11.7. The van der Waals surface area contributed by atoms with Crippen molar-refractivity contribution in [2.24, 2.45) is 11.8 Å². The average molecular weight is 333 g/mol. The number of carbonyl (C=O) groups is 1. The van der Waals surface area contributed by atoms with E-state index >= 15 is 0 Å². The second-order valence-electron chi connectivity index (χ2n) is 6.51. The second kappa shape index (κ2) is 8.46. The predicted molar refractivity (Wildman–Crippen MR) is 98.5 cm³/mol. The number of nitrogens with zero attached hydrogens (tertiary/aromatic N) is 3. The van der Waals surface area contributed by atoms with Crippen LogP contribution in [-0.2, 0) is 11.2 Å². The zero-order chi connectivity index (χ0) is 17.5. The van der Waals surface area contributed by atoms with Gasteiger partial charge in [0.2, 0.25) is 6.41 Å². The van der Waals surface area contributed by atoms with Crippen molar-refractivity contribution in [3.8, 4) is 6.07 Å². The van der Waals surface area contributed by atoms with E-state index in [1.165, 1.54) is 5.56 Å². The molecule has 2 aromatic carbocycles. The van der Waals surface area contributed by atoms with Gasteiger partial charge < -0.3 is 0 Å². The molecule has 0 aromatic heterocycles. The number of amides is 1. The second-order valence-corrected chi connectivity index (χ2v) is 6.51. The lowest BCUT2D eigenvalue weighted by molar-refractivity contribution is -0.110. The monoisotopic (exact) mass is 333 g/mol. The van der Waals surface area contributed by atoms with Crippen LogP contribution >= 0.6 is 0 Å². The number of hydrazine groups is 1. The summed E-state index contributed by atoms with van der Waals surface area (Å²) >= 11 is 0. The van der Waals surface area contributed by atoms with Crippen LogP contribution in [0.5, 0.6) is 0 Å². The molecule has 4 nitrogen and oxygen atoms in total. The highest BCUT2D eigenvalue weighted by Gasteiger charge is 2.31. The van der Waals surface area contributed by atoms with Crippen LogP contribution in [0.25, 0.3) is 0 Å². The molecule has 2 atom stereocenters. The molecule has 1 amide bonds. The Morgan fingerprint density at radius 3 is 2.44 bits per heavy atom. The first-order chi connectivity index (χ1) is 12.3. The molecule has 1 saturated heterocycles. The number of hydrogen-bond donors (Lipinski definition) is 0. The van der Waals surface area contributed by atoms with Crippen LogP contribution < -0.4 is 5.01 Å². The molecule has 2 unspecified atom stereocenters. The van der Waals surface area contributed by atoms with Crippen molar-refractivity contribution >= 4 is 12.1 Å². The first kappa shape index (κ1) is 17.2. The zero-order valence-corrected chi connectivity index (χ0v) is 14.3. The number of hydrogen-bond acceptors (Lipinski definition) is 3. The third kappa shape index (κ3) is 4.26. The van der Waals surface area contributed by atoms with Gasteiger partial charge in [-0.3, -0.25) is 4.79 Å². The van der Waals surface area contributed by atoms with Crippen molar-refractivity contribution in [3.05, 3.63) is 66.2 Å². The molecule has 1 fully saturated rings. The Balaban J connectivity index is 1.69. The van der Waals surface area contributed by atoms with E-state index in [0.717, 1.165) is 44.4 Å². The molecule has 2 aromatic rings. The number of carbonyl (C=O) groups excluding carboxylic acids is 1. The SMILES string of the molecule is N#CC1CCN(N(C=O)c2ccccc2)CC1CCc1ccccc1. The van der Waals surface area contributed by atoms with E-state index < -0.39 is 0 Å². The lowest BCUT2D eigenvalue weighted by atomic mass is 9.83. The Kier molecular flexibility index (Phi) is 5.81. The van der Waals surface area contributed by atoms with Crippen molar-refractivity contribution in [2.45, 2.75) is 19.3 Å². The smallest absolute Gasteiger partial charge is 0.228 e. The fourth-order valence-corrected chi connectivity index (χ4v) is 3.54. The molecule has 1 aliphatic rings. The zero-order valence-electron chi connectivity index (χ0n) is 14.3. The summed E-state index contributed by atoms with van der Waals surface area (Å²) in [6.45, 7) is 1.46. The molecular weight excluding hydrogens is 310 g/mol. The quantitative estimate of drug-likeness (QED) is 0.758. The number of benzene rings is 2. The number of rotatable bonds is 6. The fraction of sp³-hybridized carbons (Fsp3) is 0.333. The van der Waals surface area contributed by atoms with Gasteiger partial charge in [-0.25, -0.2) is 10.0 Å². The van der Waals surface area contributed by atoms with Gasteiger partial charge in [-0.15, -0.1) is 0 Å². The molecular formula is C21H23N3O. The molecule has 0 saturated carbocycles. The van der Waals surface area contributed by atoms with Gasteiger partial charge in [0, 0.05) is 13.1 Å². The molecule has 0 aliphatic carbocycles. The van der Waals surface area contributed by atoms with Crippen LogP contribution in [0, 0.1) is 23.2 Å². The first-order valence-electron chi connectivity index (χ1n) is 8.80. The number of piperidine rings is 1. The number of para-hydroxylation sites is 1. The third-order valence-corrected chi connectivity index (χ3v) is 4.95. The predicted octanol–water partition coefficient (Wildman–Crippen LogP) is 3.66. The number of aryl methyl sites for hydroxylation is 1. The van der Waals surface area contributed by atoms with Crippen LogP contribution in [0.4, 0.5) is 5.69 Å². The van der Waals surface area contributed by atoms with E-state index in [1.807, 2.05) is 48.5 Å².